The average Bonchev–Trinajstić information content (AvgIpc) is 2.45. The van der Waals surface area contributed by atoms with Crippen molar-refractivity contribution in [2.24, 2.45) is 0 Å². The van der Waals surface area contributed by atoms with Gasteiger partial charge in [0.05, 0.1) is 15.3 Å². The summed E-state index contributed by atoms with van der Waals surface area (Å²) in [5, 5.41) is 12.1. The van der Waals surface area contributed by atoms with E-state index in [4.69, 9.17) is 28.3 Å². The molecule has 0 bridgehead atoms. The van der Waals surface area contributed by atoms with Crippen molar-refractivity contribution in [2.75, 3.05) is 6.61 Å². The van der Waals surface area contributed by atoms with Gasteiger partial charge in [-0.3, -0.25) is 0 Å². The maximum absolute atomic E-state index is 8.89. The molecule has 0 spiro atoms. The van der Waals surface area contributed by atoms with Gasteiger partial charge in [0.25, 0.3) is 0 Å². The van der Waals surface area contributed by atoms with E-state index >= 15 is 0 Å². The second kappa shape index (κ2) is 5.33. The van der Waals surface area contributed by atoms with Gasteiger partial charge in [-0.25, -0.2) is 0 Å². The van der Waals surface area contributed by atoms with Gasteiger partial charge in [0.2, 0.25) is 0 Å². The van der Waals surface area contributed by atoms with Crippen LogP contribution in [0.4, 0.5) is 0 Å². The summed E-state index contributed by atoms with van der Waals surface area (Å²) >= 11 is 13.2. The summed E-state index contributed by atoms with van der Waals surface area (Å²) in [6.07, 6.45) is 0. The molecule has 0 fully saturated rings. The van der Waals surface area contributed by atoms with Crippen LogP contribution in [0, 0.1) is 0 Å². The predicted molar refractivity (Wildman–Crippen MR) is 62.4 cm³/mol. The molecule has 1 heterocycles. The summed E-state index contributed by atoms with van der Waals surface area (Å²) in [5.74, 6) is 0. The van der Waals surface area contributed by atoms with Crippen LogP contribution in [0.3, 0.4) is 0 Å². The Morgan fingerprint density at radius 1 is 1.50 bits per heavy atom. The quantitative estimate of drug-likeness (QED) is 0.865. The third-order valence-electron chi connectivity index (χ3n) is 1.96. The SMILES string of the molecule is CC(CO)NC(C)c1cc(Cl)sc1Cl. The molecule has 0 saturated carbocycles. The van der Waals surface area contributed by atoms with Gasteiger partial charge in [0.1, 0.15) is 0 Å². The van der Waals surface area contributed by atoms with Gasteiger partial charge in [0, 0.05) is 12.1 Å². The van der Waals surface area contributed by atoms with E-state index in [0.29, 0.717) is 8.67 Å². The minimum absolute atomic E-state index is 0.0553. The van der Waals surface area contributed by atoms with Gasteiger partial charge in [0.15, 0.2) is 0 Å². The van der Waals surface area contributed by atoms with Crippen LogP contribution < -0.4 is 5.32 Å². The number of rotatable bonds is 4. The van der Waals surface area contributed by atoms with E-state index in [-0.39, 0.29) is 18.7 Å². The van der Waals surface area contributed by atoms with Crippen molar-refractivity contribution in [1.29, 1.82) is 0 Å². The number of hydrogen-bond acceptors (Lipinski definition) is 3. The van der Waals surface area contributed by atoms with Gasteiger partial charge in [-0.1, -0.05) is 23.2 Å². The molecule has 2 nitrogen and oxygen atoms in total. The Labute approximate surface area is 97.8 Å². The van der Waals surface area contributed by atoms with Gasteiger partial charge in [-0.2, -0.15) is 0 Å². The molecule has 1 aromatic heterocycles. The summed E-state index contributed by atoms with van der Waals surface area (Å²) in [7, 11) is 0. The Morgan fingerprint density at radius 3 is 2.57 bits per heavy atom. The number of aliphatic hydroxyl groups excluding tert-OH is 1. The smallest absolute Gasteiger partial charge is 0.0991 e. The van der Waals surface area contributed by atoms with Crippen LogP contribution in [-0.4, -0.2) is 17.8 Å². The third kappa shape index (κ3) is 3.11. The maximum atomic E-state index is 8.89. The van der Waals surface area contributed by atoms with Crippen molar-refractivity contribution in [3.8, 4) is 0 Å². The highest BCUT2D eigenvalue weighted by Gasteiger charge is 2.14. The minimum atomic E-state index is 0.0553. The minimum Gasteiger partial charge on any atom is -0.395 e. The van der Waals surface area contributed by atoms with Crippen molar-refractivity contribution in [3.05, 3.63) is 20.3 Å². The Hall–Kier alpha value is 0.200. The van der Waals surface area contributed by atoms with E-state index in [0.717, 1.165) is 5.56 Å². The molecule has 0 aliphatic carbocycles. The molecule has 2 atom stereocenters. The van der Waals surface area contributed by atoms with E-state index in [2.05, 4.69) is 5.32 Å². The number of thiophene rings is 1. The first-order valence-electron chi connectivity index (χ1n) is 4.36. The molecule has 80 valence electrons. The highest BCUT2D eigenvalue weighted by atomic mass is 35.5. The molecule has 0 saturated heterocycles. The molecule has 0 aliphatic heterocycles. The van der Waals surface area contributed by atoms with Crippen LogP contribution in [0.15, 0.2) is 6.07 Å². The van der Waals surface area contributed by atoms with Gasteiger partial charge in [-0.05, 0) is 25.5 Å². The Balaban J connectivity index is 2.69. The fourth-order valence-corrected chi connectivity index (χ4v) is 2.86. The van der Waals surface area contributed by atoms with Crippen molar-refractivity contribution in [1.82, 2.24) is 5.32 Å². The normalized spacial score (nSPS) is 15.5. The molecule has 0 aliphatic rings. The molecular weight excluding hydrogens is 241 g/mol. The molecule has 1 aromatic rings. The number of halogens is 2. The lowest BCUT2D eigenvalue weighted by Crippen LogP contribution is -2.31. The summed E-state index contributed by atoms with van der Waals surface area (Å²) < 4.78 is 1.40. The molecule has 0 radical (unpaired) electrons. The average molecular weight is 254 g/mol. The molecule has 0 amide bonds. The second-order valence-corrected chi connectivity index (χ2v) is 5.54. The molecule has 5 heteroatoms. The number of hydrogen-bond donors (Lipinski definition) is 2. The van der Waals surface area contributed by atoms with Gasteiger partial charge >= 0.3 is 0 Å². The van der Waals surface area contributed by atoms with Crippen molar-refractivity contribution < 1.29 is 5.11 Å². The fraction of sp³-hybridized carbons (Fsp3) is 0.556. The highest BCUT2D eigenvalue weighted by molar-refractivity contribution is 7.20. The van der Waals surface area contributed by atoms with Crippen LogP contribution in [-0.2, 0) is 0 Å². The maximum Gasteiger partial charge on any atom is 0.0991 e. The van der Waals surface area contributed by atoms with E-state index < -0.39 is 0 Å². The lowest BCUT2D eigenvalue weighted by Gasteiger charge is -2.17. The molecular formula is C9H13Cl2NOS. The van der Waals surface area contributed by atoms with E-state index in [1.54, 1.807) is 0 Å². The van der Waals surface area contributed by atoms with Crippen LogP contribution in [0.1, 0.15) is 25.5 Å². The van der Waals surface area contributed by atoms with Crippen LogP contribution in [0.25, 0.3) is 0 Å². The second-order valence-electron chi connectivity index (χ2n) is 3.25. The zero-order chi connectivity index (χ0) is 10.7. The zero-order valence-corrected chi connectivity index (χ0v) is 10.4. The largest absolute Gasteiger partial charge is 0.395 e. The summed E-state index contributed by atoms with van der Waals surface area (Å²) in [4.78, 5) is 0. The molecule has 2 N–H and O–H groups in total. The molecule has 14 heavy (non-hydrogen) atoms. The summed E-state index contributed by atoms with van der Waals surface area (Å²) in [6, 6.07) is 2.02. The Kier molecular flexibility index (Phi) is 4.67. The Morgan fingerprint density at radius 2 is 2.14 bits per heavy atom. The van der Waals surface area contributed by atoms with E-state index in [1.165, 1.54) is 11.3 Å². The third-order valence-corrected chi connectivity index (χ3v) is 3.48. The summed E-state index contributed by atoms with van der Waals surface area (Å²) in [5.41, 5.74) is 0.988. The first kappa shape index (κ1) is 12.3. The van der Waals surface area contributed by atoms with E-state index in [9.17, 15) is 0 Å². The van der Waals surface area contributed by atoms with Crippen molar-refractivity contribution >= 4 is 34.5 Å². The van der Waals surface area contributed by atoms with Crippen molar-refractivity contribution in [2.45, 2.75) is 25.9 Å². The van der Waals surface area contributed by atoms with Gasteiger partial charge in [-0.15, -0.1) is 11.3 Å². The molecule has 2 unspecified atom stereocenters. The number of aliphatic hydroxyl groups is 1. The lowest BCUT2D eigenvalue weighted by molar-refractivity contribution is 0.243. The first-order valence-corrected chi connectivity index (χ1v) is 5.93. The van der Waals surface area contributed by atoms with Crippen LogP contribution >= 0.6 is 34.5 Å². The Bertz CT molecular complexity index is 303. The summed E-state index contributed by atoms with van der Waals surface area (Å²) in [6.45, 7) is 4.02. The monoisotopic (exact) mass is 253 g/mol. The van der Waals surface area contributed by atoms with Gasteiger partial charge < -0.3 is 10.4 Å². The standard InChI is InChI=1S/C9H13Cl2NOS/c1-5(4-13)12-6(2)7-3-8(10)14-9(7)11/h3,5-6,12-13H,4H2,1-2H3. The molecule has 0 aromatic carbocycles. The van der Waals surface area contributed by atoms with Crippen molar-refractivity contribution in [3.63, 3.8) is 0 Å². The topological polar surface area (TPSA) is 32.3 Å². The van der Waals surface area contributed by atoms with Crippen LogP contribution in [0.2, 0.25) is 8.67 Å². The van der Waals surface area contributed by atoms with E-state index in [1.807, 2.05) is 19.9 Å². The zero-order valence-electron chi connectivity index (χ0n) is 8.05. The lowest BCUT2D eigenvalue weighted by atomic mass is 10.1. The fourth-order valence-electron chi connectivity index (χ4n) is 1.22. The highest BCUT2D eigenvalue weighted by Crippen LogP contribution is 2.34. The first-order chi connectivity index (χ1) is 6.54. The molecule has 1 rings (SSSR count). The predicted octanol–water partition coefficient (Wildman–Crippen LogP) is 3.09. The van der Waals surface area contributed by atoms with Crippen LogP contribution in [0.5, 0.6) is 0 Å². The number of nitrogens with one attached hydrogen (secondary N) is 1.